The Bertz CT molecular complexity index is 225. The van der Waals surface area contributed by atoms with Gasteiger partial charge in [-0.05, 0) is 26.7 Å². The van der Waals surface area contributed by atoms with Crippen molar-refractivity contribution in [2.75, 3.05) is 13.2 Å². The predicted molar refractivity (Wildman–Crippen MR) is 61.1 cm³/mol. The van der Waals surface area contributed by atoms with Crippen molar-refractivity contribution in [2.24, 2.45) is 5.73 Å². The second-order valence-corrected chi connectivity index (χ2v) is 6.15. The quantitative estimate of drug-likeness (QED) is 0.744. The Balaban J connectivity index is 2.72. The predicted octanol–water partition coefficient (Wildman–Crippen LogP) is 2.52. The first-order chi connectivity index (χ1) is 7.14. The largest absolute Gasteiger partial charge is 0.335 e. The van der Waals surface area contributed by atoms with Crippen LogP contribution in [-0.4, -0.2) is 24.9 Å². The first-order valence-electron chi connectivity index (χ1n) is 5.78. The standard InChI is InChI=1S/C10H22NO3P/c1-3-13-15(12,14-4-2)10-8-6-5-7-9(10)11/h9-10H,3-8,11H2,1-2H3. The molecule has 2 N–H and O–H groups in total. The highest BCUT2D eigenvalue weighted by atomic mass is 31.2. The topological polar surface area (TPSA) is 61.5 Å². The van der Waals surface area contributed by atoms with Crippen LogP contribution in [0.2, 0.25) is 0 Å². The summed E-state index contributed by atoms with van der Waals surface area (Å²) in [4.78, 5) is 0. The Kier molecular flexibility index (Phi) is 5.27. The van der Waals surface area contributed by atoms with E-state index in [1.807, 2.05) is 13.8 Å². The molecule has 1 saturated carbocycles. The van der Waals surface area contributed by atoms with E-state index in [1.165, 1.54) is 0 Å². The van der Waals surface area contributed by atoms with E-state index in [9.17, 15) is 4.57 Å². The summed E-state index contributed by atoms with van der Waals surface area (Å²) >= 11 is 0. The normalized spacial score (nSPS) is 27.9. The Morgan fingerprint density at radius 3 is 2.20 bits per heavy atom. The molecule has 0 heterocycles. The molecular formula is C10H22NO3P. The van der Waals surface area contributed by atoms with Crippen molar-refractivity contribution in [3.05, 3.63) is 0 Å². The summed E-state index contributed by atoms with van der Waals surface area (Å²) in [5, 5.41) is 0. The van der Waals surface area contributed by atoms with Crippen LogP contribution in [0.4, 0.5) is 0 Å². The zero-order valence-electron chi connectivity index (χ0n) is 9.65. The van der Waals surface area contributed by atoms with Gasteiger partial charge in [0.05, 0.1) is 18.9 Å². The lowest BCUT2D eigenvalue weighted by Crippen LogP contribution is -2.38. The number of hydrogen-bond donors (Lipinski definition) is 1. The molecule has 0 aromatic heterocycles. The SMILES string of the molecule is CCOP(=O)(OCC)C1CCCCC1N. The van der Waals surface area contributed by atoms with Crippen LogP contribution in [0.15, 0.2) is 0 Å². The number of rotatable bonds is 5. The molecule has 4 nitrogen and oxygen atoms in total. The molecule has 0 spiro atoms. The summed E-state index contributed by atoms with van der Waals surface area (Å²) in [6.07, 6.45) is 3.98. The van der Waals surface area contributed by atoms with E-state index in [1.54, 1.807) is 0 Å². The van der Waals surface area contributed by atoms with Gasteiger partial charge in [0.1, 0.15) is 0 Å². The fourth-order valence-corrected chi connectivity index (χ4v) is 4.42. The third kappa shape index (κ3) is 3.28. The van der Waals surface area contributed by atoms with Crippen LogP contribution in [0.5, 0.6) is 0 Å². The summed E-state index contributed by atoms with van der Waals surface area (Å²) in [6, 6.07) is -0.0392. The highest BCUT2D eigenvalue weighted by molar-refractivity contribution is 7.54. The molecule has 0 amide bonds. The van der Waals surface area contributed by atoms with Gasteiger partial charge in [-0.15, -0.1) is 0 Å². The highest BCUT2D eigenvalue weighted by Crippen LogP contribution is 2.56. The monoisotopic (exact) mass is 235 g/mol. The minimum atomic E-state index is -2.98. The van der Waals surface area contributed by atoms with Gasteiger partial charge in [0, 0.05) is 6.04 Å². The van der Waals surface area contributed by atoms with Crippen LogP contribution in [0.3, 0.4) is 0 Å². The van der Waals surface area contributed by atoms with Crippen molar-refractivity contribution in [3.8, 4) is 0 Å². The Morgan fingerprint density at radius 1 is 1.20 bits per heavy atom. The average molecular weight is 235 g/mol. The van der Waals surface area contributed by atoms with Gasteiger partial charge < -0.3 is 14.8 Å². The molecule has 1 aliphatic rings. The maximum atomic E-state index is 12.5. The smallest absolute Gasteiger partial charge is 0.327 e. The van der Waals surface area contributed by atoms with E-state index in [0.29, 0.717) is 13.2 Å². The summed E-state index contributed by atoms with van der Waals surface area (Å²) in [5.41, 5.74) is 5.89. The zero-order valence-corrected chi connectivity index (χ0v) is 10.5. The number of hydrogen-bond acceptors (Lipinski definition) is 4. The summed E-state index contributed by atoms with van der Waals surface area (Å²) in [6.45, 7) is 4.50. The van der Waals surface area contributed by atoms with Gasteiger partial charge in [0.2, 0.25) is 0 Å². The molecule has 0 aromatic rings. The fraction of sp³-hybridized carbons (Fsp3) is 1.00. The molecule has 2 unspecified atom stereocenters. The lowest BCUT2D eigenvalue weighted by atomic mass is 9.96. The Labute approximate surface area is 92.0 Å². The fourth-order valence-electron chi connectivity index (χ4n) is 2.12. The van der Waals surface area contributed by atoms with Gasteiger partial charge >= 0.3 is 7.60 Å². The molecule has 0 bridgehead atoms. The molecule has 0 radical (unpaired) electrons. The van der Waals surface area contributed by atoms with Gasteiger partial charge in [0.15, 0.2) is 0 Å². The molecule has 1 rings (SSSR count). The lowest BCUT2D eigenvalue weighted by Gasteiger charge is -2.33. The van der Waals surface area contributed by atoms with Crippen LogP contribution in [0.1, 0.15) is 39.5 Å². The third-order valence-corrected chi connectivity index (χ3v) is 5.50. The molecule has 2 atom stereocenters. The zero-order chi connectivity index (χ0) is 11.3. The first-order valence-corrected chi connectivity index (χ1v) is 7.39. The molecular weight excluding hydrogens is 213 g/mol. The van der Waals surface area contributed by atoms with Crippen molar-refractivity contribution in [2.45, 2.75) is 51.2 Å². The van der Waals surface area contributed by atoms with E-state index >= 15 is 0 Å². The second kappa shape index (κ2) is 6.00. The Hall–Kier alpha value is 0.110. The molecule has 0 aliphatic heterocycles. The van der Waals surface area contributed by atoms with E-state index < -0.39 is 7.60 Å². The van der Waals surface area contributed by atoms with Crippen LogP contribution >= 0.6 is 7.60 Å². The second-order valence-electron chi connectivity index (χ2n) is 3.89. The highest BCUT2D eigenvalue weighted by Gasteiger charge is 2.40. The van der Waals surface area contributed by atoms with Crippen molar-refractivity contribution in [1.29, 1.82) is 0 Å². The molecule has 0 saturated heterocycles. The maximum absolute atomic E-state index is 12.5. The van der Waals surface area contributed by atoms with E-state index in [0.717, 1.165) is 25.7 Å². The number of nitrogens with two attached hydrogens (primary N) is 1. The third-order valence-electron chi connectivity index (χ3n) is 2.81. The molecule has 5 heteroatoms. The van der Waals surface area contributed by atoms with Crippen molar-refractivity contribution < 1.29 is 13.6 Å². The van der Waals surface area contributed by atoms with Crippen LogP contribution < -0.4 is 5.73 Å². The van der Waals surface area contributed by atoms with E-state index in [2.05, 4.69) is 0 Å². The van der Waals surface area contributed by atoms with Crippen molar-refractivity contribution >= 4 is 7.60 Å². The molecule has 90 valence electrons. The van der Waals surface area contributed by atoms with Crippen LogP contribution in [0, 0.1) is 0 Å². The average Bonchev–Trinajstić information content (AvgIpc) is 2.19. The minimum absolute atomic E-state index is 0.0392. The van der Waals surface area contributed by atoms with Gasteiger partial charge in [0.25, 0.3) is 0 Å². The lowest BCUT2D eigenvalue weighted by molar-refractivity contribution is 0.201. The first kappa shape index (κ1) is 13.2. The molecule has 0 aromatic carbocycles. The Morgan fingerprint density at radius 2 is 1.73 bits per heavy atom. The molecule has 1 aliphatic carbocycles. The summed E-state index contributed by atoms with van der Waals surface area (Å²) in [5.74, 6) is 0. The van der Waals surface area contributed by atoms with Crippen molar-refractivity contribution in [3.63, 3.8) is 0 Å². The van der Waals surface area contributed by atoms with Gasteiger partial charge in [-0.2, -0.15) is 0 Å². The van der Waals surface area contributed by atoms with Gasteiger partial charge in [-0.25, -0.2) is 0 Å². The van der Waals surface area contributed by atoms with E-state index in [4.69, 9.17) is 14.8 Å². The molecule has 1 fully saturated rings. The van der Waals surface area contributed by atoms with Crippen LogP contribution in [0.25, 0.3) is 0 Å². The van der Waals surface area contributed by atoms with E-state index in [-0.39, 0.29) is 11.7 Å². The van der Waals surface area contributed by atoms with Gasteiger partial charge in [-0.1, -0.05) is 12.8 Å². The summed E-state index contributed by atoms with van der Waals surface area (Å²) < 4.78 is 23.1. The minimum Gasteiger partial charge on any atom is -0.327 e. The summed E-state index contributed by atoms with van der Waals surface area (Å²) in [7, 11) is -2.98. The van der Waals surface area contributed by atoms with Gasteiger partial charge in [-0.3, -0.25) is 4.57 Å². The maximum Gasteiger partial charge on any atom is 0.335 e. The van der Waals surface area contributed by atoms with Crippen molar-refractivity contribution in [1.82, 2.24) is 0 Å². The molecule has 15 heavy (non-hydrogen) atoms. The van der Waals surface area contributed by atoms with Crippen LogP contribution in [-0.2, 0) is 13.6 Å².